The van der Waals surface area contributed by atoms with Gasteiger partial charge in [0.1, 0.15) is 0 Å². The van der Waals surface area contributed by atoms with Crippen LogP contribution in [0.1, 0.15) is 44.1 Å². The second-order valence-corrected chi connectivity index (χ2v) is 5.05. The van der Waals surface area contributed by atoms with Gasteiger partial charge in [-0.15, -0.1) is 0 Å². The molecule has 0 saturated carbocycles. The molecule has 1 heterocycles. The molecule has 4 heteroatoms. The minimum atomic E-state index is -0.267. The summed E-state index contributed by atoms with van der Waals surface area (Å²) in [5.74, 6) is 0.345. The monoisotopic (exact) mass is 253 g/mol. The van der Waals surface area contributed by atoms with Crippen molar-refractivity contribution in [1.82, 2.24) is 15.1 Å². The van der Waals surface area contributed by atoms with E-state index in [4.69, 9.17) is 0 Å². The van der Waals surface area contributed by atoms with Crippen LogP contribution in [0.15, 0.2) is 0 Å². The second kappa shape index (κ2) is 6.90. The summed E-state index contributed by atoms with van der Waals surface area (Å²) in [6, 6.07) is 0. The van der Waals surface area contributed by atoms with Crippen LogP contribution in [-0.2, 0) is 13.1 Å². The smallest absolute Gasteiger partial charge is 0.0690 e. The Kier molecular flexibility index (Phi) is 5.82. The van der Waals surface area contributed by atoms with E-state index >= 15 is 0 Å². The Morgan fingerprint density at radius 3 is 2.50 bits per heavy atom. The molecule has 0 aliphatic carbocycles. The summed E-state index contributed by atoms with van der Waals surface area (Å²) in [7, 11) is 0. The van der Waals surface area contributed by atoms with Crippen LogP contribution in [0, 0.1) is 19.8 Å². The summed E-state index contributed by atoms with van der Waals surface area (Å²) in [5, 5.41) is 17.7. The van der Waals surface area contributed by atoms with E-state index in [2.05, 4.69) is 38.1 Å². The third-order valence-corrected chi connectivity index (χ3v) is 3.79. The molecule has 18 heavy (non-hydrogen) atoms. The molecule has 1 aromatic rings. The van der Waals surface area contributed by atoms with Crippen LogP contribution in [0.2, 0.25) is 0 Å². The van der Waals surface area contributed by atoms with Gasteiger partial charge in [0.05, 0.1) is 11.8 Å². The first-order valence-electron chi connectivity index (χ1n) is 6.92. The molecule has 0 spiro atoms. The first-order chi connectivity index (χ1) is 8.51. The van der Waals surface area contributed by atoms with Gasteiger partial charge in [0.15, 0.2) is 0 Å². The zero-order valence-electron chi connectivity index (χ0n) is 12.3. The molecule has 2 unspecified atom stereocenters. The van der Waals surface area contributed by atoms with Crippen molar-refractivity contribution < 1.29 is 5.11 Å². The van der Waals surface area contributed by atoms with Crippen molar-refractivity contribution in [3.63, 3.8) is 0 Å². The number of nitrogens with one attached hydrogen (secondary N) is 1. The summed E-state index contributed by atoms with van der Waals surface area (Å²) in [6.45, 7) is 12.8. The van der Waals surface area contributed by atoms with Gasteiger partial charge in [-0.25, -0.2) is 0 Å². The van der Waals surface area contributed by atoms with E-state index in [1.165, 1.54) is 11.3 Å². The van der Waals surface area contributed by atoms with Crippen LogP contribution >= 0.6 is 0 Å². The number of aromatic nitrogens is 2. The van der Waals surface area contributed by atoms with Crippen molar-refractivity contribution in [2.45, 2.75) is 60.2 Å². The van der Waals surface area contributed by atoms with Gasteiger partial charge in [-0.1, -0.05) is 20.3 Å². The quantitative estimate of drug-likeness (QED) is 0.781. The number of hydrogen-bond acceptors (Lipinski definition) is 3. The number of hydrogen-bond donors (Lipinski definition) is 2. The normalized spacial score (nSPS) is 14.8. The Morgan fingerprint density at radius 1 is 1.33 bits per heavy atom. The maximum atomic E-state index is 9.90. The lowest BCUT2D eigenvalue weighted by Crippen LogP contribution is -2.31. The fraction of sp³-hybridized carbons (Fsp3) is 0.786. The van der Waals surface area contributed by atoms with E-state index in [1.807, 2.05) is 11.6 Å². The molecule has 4 nitrogen and oxygen atoms in total. The maximum Gasteiger partial charge on any atom is 0.0690 e. The lowest BCUT2D eigenvalue weighted by Gasteiger charge is -2.17. The third kappa shape index (κ3) is 3.56. The van der Waals surface area contributed by atoms with Crippen molar-refractivity contribution in [1.29, 1.82) is 0 Å². The van der Waals surface area contributed by atoms with Crippen molar-refractivity contribution in [3.05, 3.63) is 17.0 Å². The number of aryl methyl sites for hydroxylation is 2. The van der Waals surface area contributed by atoms with Crippen LogP contribution in [0.4, 0.5) is 0 Å². The average Bonchev–Trinajstić information content (AvgIpc) is 2.64. The molecule has 1 rings (SSSR count). The van der Waals surface area contributed by atoms with E-state index < -0.39 is 0 Å². The predicted octanol–water partition coefficient (Wildman–Crippen LogP) is 2.02. The highest BCUT2D eigenvalue weighted by atomic mass is 16.3. The average molecular weight is 253 g/mol. The van der Waals surface area contributed by atoms with Crippen LogP contribution in [0.3, 0.4) is 0 Å². The van der Waals surface area contributed by atoms with Gasteiger partial charge in [-0.3, -0.25) is 4.68 Å². The molecule has 2 atom stereocenters. The molecule has 0 fully saturated rings. The minimum absolute atomic E-state index is 0.267. The highest BCUT2D eigenvalue weighted by Crippen LogP contribution is 2.13. The second-order valence-electron chi connectivity index (χ2n) is 5.05. The standard InChI is InChI=1S/C14H27N3O/c1-6-10(3)14(18)9-15-8-13-11(4)16-17(7-2)12(13)5/h10,14-15,18H,6-9H2,1-5H3. The number of aliphatic hydroxyl groups is 1. The predicted molar refractivity (Wildman–Crippen MR) is 74.5 cm³/mol. The Morgan fingerprint density at radius 2 is 2.00 bits per heavy atom. The molecule has 0 aromatic carbocycles. The van der Waals surface area contributed by atoms with E-state index in [9.17, 15) is 5.11 Å². The van der Waals surface area contributed by atoms with Gasteiger partial charge in [0.25, 0.3) is 0 Å². The molecule has 0 saturated heterocycles. The van der Waals surface area contributed by atoms with Gasteiger partial charge in [-0.05, 0) is 26.7 Å². The van der Waals surface area contributed by atoms with Gasteiger partial charge >= 0.3 is 0 Å². The van der Waals surface area contributed by atoms with Gasteiger partial charge < -0.3 is 10.4 Å². The molecular weight excluding hydrogens is 226 g/mol. The molecule has 1 aromatic heterocycles. The SMILES string of the molecule is CCC(C)C(O)CNCc1c(C)nn(CC)c1C. The van der Waals surface area contributed by atoms with Gasteiger partial charge in [0, 0.05) is 30.9 Å². The largest absolute Gasteiger partial charge is 0.392 e. The summed E-state index contributed by atoms with van der Waals surface area (Å²) in [4.78, 5) is 0. The van der Waals surface area contributed by atoms with E-state index in [1.54, 1.807) is 0 Å². The summed E-state index contributed by atoms with van der Waals surface area (Å²) < 4.78 is 2.03. The Bertz CT molecular complexity index is 373. The summed E-state index contributed by atoms with van der Waals surface area (Å²) in [6.07, 6.45) is 0.742. The number of nitrogens with zero attached hydrogens (tertiary/aromatic N) is 2. The number of rotatable bonds is 7. The zero-order chi connectivity index (χ0) is 13.7. The fourth-order valence-electron chi connectivity index (χ4n) is 2.12. The van der Waals surface area contributed by atoms with Crippen molar-refractivity contribution in [2.24, 2.45) is 5.92 Å². The van der Waals surface area contributed by atoms with Crippen LogP contribution in [0.25, 0.3) is 0 Å². The van der Waals surface area contributed by atoms with Gasteiger partial charge in [-0.2, -0.15) is 5.10 Å². The molecular formula is C14H27N3O. The Hall–Kier alpha value is -0.870. The first kappa shape index (κ1) is 15.2. The topological polar surface area (TPSA) is 50.1 Å². The van der Waals surface area contributed by atoms with Crippen molar-refractivity contribution >= 4 is 0 Å². The fourth-order valence-corrected chi connectivity index (χ4v) is 2.12. The first-order valence-corrected chi connectivity index (χ1v) is 6.92. The summed E-state index contributed by atoms with van der Waals surface area (Å²) in [5.41, 5.74) is 3.56. The third-order valence-electron chi connectivity index (χ3n) is 3.79. The summed E-state index contributed by atoms with van der Waals surface area (Å²) >= 11 is 0. The van der Waals surface area contributed by atoms with Crippen LogP contribution < -0.4 is 5.32 Å². The van der Waals surface area contributed by atoms with E-state index in [-0.39, 0.29) is 6.10 Å². The molecule has 0 bridgehead atoms. The molecule has 0 amide bonds. The van der Waals surface area contributed by atoms with E-state index in [0.29, 0.717) is 12.5 Å². The lowest BCUT2D eigenvalue weighted by atomic mass is 10.0. The van der Waals surface area contributed by atoms with Crippen LogP contribution in [0.5, 0.6) is 0 Å². The highest BCUT2D eigenvalue weighted by molar-refractivity contribution is 5.24. The Balaban J connectivity index is 2.51. The van der Waals surface area contributed by atoms with E-state index in [0.717, 1.165) is 25.2 Å². The highest BCUT2D eigenvalue weighted by Gasteiger charge is 2.13. The van der Waals surface area contributed by atoms with Crippen LogP contribution in [-0.4, -0.2) is 27.5 Å². The zero-order valence-corrected chi connectivity index (χ0v) is 12.3. The molecule has 104 valence electrons. The number of aliphatic hydroxyl groups excluding tert-OH is 1. The molecule has 0 radical (unpaired) electrons. The Labute approximate surface area is 110 Å². The minimum Gasteiger partial charge on any atom is -0.392 e. The van der Waals surface area contributed by atoms with Gasteiger partial charge in [0.2, 0.25) is 0 Å². The molecule has 0 aliphatic rings. The lowest BCUT2D eigenvalue weighted by molar-refractivity contribution is 0.112. The maximum absolute atomic E-state index is 9.90. The van der Waals surface area contributed by atoms with Crippen molar-refractivity contribution in [2.75, 3.05) is 6.54 Å². The molecule has 0 aliphatic heterocycles. The molecule has 2 N–H and O–H groups in total. The van der Waals surface area contributed by atoms with Crippen molar-refractivity contribution in [3.8, 4) is 0 Å².